The van der Waals surface area contributed by atoms with Gasteiger partial charge in [0.25, 0.3) is 5.91 Å². The molecule has 1 fully saturated rings. The van der Waals surface area contributed by atoms with Crippen molar-refractivity contribution in [2.75, 3.05) is 35.3 Å². The number of halogens is 5. The third-order valence-corrected chi connectivity index (χ3v) is 9.08. The van der Waals surface area contributed by atoms with Gasteiger partial charge in [-0.25, -0.2) is 13.2 Å². The summed E-state index contributed by atoms with van der Waals surface area (Å²) in [5.41, 5.74) is 0.100. The van der Waals surface area contributed by atoms with E-state index in [-0.39, 0.29) is 40.6 Å². The Morgan fingerprint density at radius 1 is 1.00 bits per heavy atom. The van der Waals surface area contributed by atoms with E-state index in [4.69, 9.17) is 0 Å². The number of alkyl halides is 5. The molecule has 0 radical (unpaired) electrons. The zero-order chi connectivity index (χ0) is 32.9. The average molecular weight is 656 g/mol. The summed E-state index contributed by atoms with van der Waals surface area (Å²) in [4.78, 5) is 29.1. The average Bonchev–Trinajstić information content (AvgIpc) is 3.02. The van der Waals surface area contributed by atoms with Crippen molar-refractivity contribution in [2.45, 2.75) is 43.1 Å². The lowest BCUT2D eigenvalue weighted by molar-refractivity contribution is -0.137. The number of aliphatic hydroxyl groups excluding tert-OH is 1. The first-order valence-corrected chi connectivity index (χ1v) is 15.4. The van der Waals surface area contributed by atoms with Gasteiger partial charge in [-0.15, -0.1) is 0 Å². The van der Waals surface area contributed by atoms with Crippen molar-refractivity contribution in [1.82, 2.24) is 5.32 Å². The number of anilines is 2. The summed E-state index contributed by atoms with van der Waals surface area (Å²) in [6, 6.07) is 12.9. The minimum atomic E-state index is -4.57. The highest BCUT2D eigenvalue weighted by Crippen LogP contribution is 2.33. The van der Waals surface area contributed by atoms with Gasteiger partial charge in [-0.2, -0.15) is 22.0 Å². The molecule has 1 saturated heterocycles. The molecule has 45 heavy (non-hydrogen) atoms. The van der Waals surface area contributed by atoms with E-state index in [1.54, 1.807) is 0 Å². The van der Waals surface area contributed by atoms with Crippen molar-refractivity contribution in [1.29, 1.82) is 0 Å². The molecule has 1 aliphatic rings. The van der Waals surface area contributed by atoms with Crippen molar-refractivity contribution in [3.05, 3.63) is 89.5 Å². The zero-order valence-electron chi connectivity index (χ0n) is 23.9. The van der Waals surface area contributed by atoms with Crippen LogP contribution in [0.15, 0.2) is 77.7 Å². The molecule has 2 N–H and O–H groups in total. The Morgan fingerprint density at radius 2 is 1.60 bits per heavy atom. The highest BCUT2D eigenvalue weighted by Gasteiger charge is 2.37. The molecule has 3 amide bonds. The van der Waals surface area contributed by atoms with Crippen molar-refractivity contribution in [3.8, 4) is 0 Å². The molecule has 242 valence electrons. The summed E-state index contributed by atoms with van der Waals surface area (Å²) in [7, 11) is -3.44. The van der Waals surface area contributed by atoms with Gasteiger partial charge in [0.05, 0.1) is 41.5 Å². The van der Waals surface area contributed by atoms with Gasteiger partial charge in [0.2, 0.25) is 0 Å². The second kappa shape index (κ2) is 13.9. The number of sulfone groups is 1. The Balaban J connectivity index is 1.53. The van der Waals surface area contributed by atoms with Crippen LogP contribution in [0.2, 0.25) is 0 Å². The van der Waals surface area contributed by atoms with Crippen LogP contribution in [0.25, 0.3) is 0 Å². The number of nitrogens with zero attached hydrogens (tertiary/aromatic N) is 2. The van der Waals surface area contributed by atoms with Gasteiger partial charge >= 0.3 is 18.8 Å². The van der Waals surface area contributed by atoms with Gasteiger partial charge in [-0.05, 0) is 72.6 Å². The Kier molecular flexibility index (Phi) is 10.5. The molecule has 0 spiro atoms. The molecule has 4 rings (SSSR count). The minimum absolute atomic E-state index is 0.0341. The Hall–Kier alpha value is -4.08. The fraction of sp³-hybridized carbons (Fsp3) is 0.333. The summed E-state index contributed by atoms with van der Waals surface area (Å²) >= 11 is 0. The molecule has 9 nitrogen and oxygen atoms in total. The Bertz CT molecular complexity index is 1580. The molecule has 0 saturated carbocycles. The van der Waals surface area contributed by atoms with Crippen molar-refractivity contribution in [3.63, 3.8) is 0 Å². The van der Waals surface area contributed by atoms with Gasteiger partial charge in [-0.3, -0.25) is 14.6 Å². The Morgan fingerprint density at radius 3 is 2.13 bits per heavy atom. The summed E-state index contributed by atoms with van der Waals surface area (Å²) in [6.07, 6.45) is -4.42. The maximum atomic E-state index is 13.6. The van der Waals surface area contributed by atoms with E-state index in [1.807, 2.05) is 0 Å². The predicted octanol–water partition coefficient (Wildman–Crippen LogP) is 5.41. The van der Waals surface area contributed by atoms with Gasteiger partial charge in [0.1, 0.15) is 0 Å². The molecule has 1 aliphatic heterocycles. The topological polar surface area (TPSA) is 116 Å². The molecule has 1 heterocycles. The molecular formula is C30H30F5N3O6S. The van der Waals surface area contributed by atoms with E-state index in [9.17, 15) is 45.1 Å². The number of benzene rings is 3. The fourth-order valence-corrected chi connectivity index (χ4v) is 5.73. The second-order valence-electron chi connectivity index (χ2n) is 10.1. The van der Waals surface area contributed by atoms with E-state index >= 15 is 0 Å². The van der Waals surface area contributed by atoms with Crippen LogP contribution in [0, 0.1) is 0 Å². The lowest BCUT2D eigenvalue weighted by Gasteiger charge is -2.41. The molecular weight excluding hydrogens is 625 g/mol. The van der Waals surface area contributed by atoms with Crippen LogP contribution in [0.5, 0.6) is 0 Å². The predicted molar refractivity (Wildman–Crippen MR) is 155 cm³/mol. The van der Waals surface area contributed by atoms with E-state index in [0.29, 0.717) is 5.56 Å². The van der Waals surface area contributed by atoms with Crippen LogP contribution in [0.3, 0.4) is 0 Å². The van der Waals surface area contributed by atoms with Crippen LogP contribution in [-0.2, 0) is 20.8 Å². The van der Waals surface area contributed by atoms with Crippen LogP contribution in [-0.4, -0.2) is 63.6 Å². The maximum absolute atomic E-state index is 13.6. The molecule has 0 aliphatic carbocycles. The first-order valence-electron chi connectivity index (χ1n) is 13.8. The smallest absolute Gasteiger partial charge is 0.394 e. The van der Waals surface area contributed by atoms with Crippen LogP contribution in [0.1, 0.15) is 40.9 Å². The number of nitrogens with one attached hydrogen (secondary N) is 1. The van der Waals surface area contributed by atoms with Crippen molar-refractivity contribution < 1.29 is 49.8 Å². The zero-order valence-corrected chi connectivity index (χ0v) is 24.7. The minimum Gasteiger partial charge on any atom is -0.394 e. The lowest BCUT2D eigenvalue weighted by Crippen LogP contribution is -2.56. The van der Waals surface area contributed by atoms with Gasteiger partial charge in [-0.1, -0.05) is 19.1 Å². The molecule has 15 heteroatoms. The number of hydrogen-bond acceptors (Lipinski definition) is 6. The van der Waals surface area contributed by atoms with Crippen LogP contribution >= 0.6 is 0 Å². The highest BCUT2D eigenvalue weighted by atomic mass is 32.2. The number of rotatable bonds is 11. The van der Waals surface area contributed by atoms with Crippen LogP contribution < -0.4 is 15.1 Å². The van der Waals surface area contributed by atoms with E-state index in [2.05, 4.69) is 10.1 Å². The molecule has 3 aromatic carbocycles. The number of amides is 3. The third-order valence-electron chi connectivity index (χ3n) is 7.33. The molecule has 0 bridgehead atoms. The summed E-state index contributed by atoms with van der Waals surface area (Å²) in [5, 5.41) is 12.5. The summed E-state index contributed by atoms with van der Waals surface area (Å²) in [5.74, 6) is -0.682. The molecule has 3 aromatic rings. The first-order chi connectivity index (χ1) is 21.2. The maximum Gasteiger partial charge on any atom is 0.416 e. The van der Waals surface area contributed by atoms with Crippen molar-refractivity contribution in [2.24, 2.45) is 0 Å². The number of urea groups is 1. The van der Waals surface area contributed by atoms with Crippen LogP contribution in [0.4, 0.5) is 38.1 Å². The highest BCUT2D eigenvalue weighted by molar-refractivity contribution is 7.91. The van der Waals surface area contributed by atoms with Gasteiger partial charge in [0, 0.05) is 23.5 Å². The standard InChI is InChI=1S/C30H30F5N3O6S/c1-2-45(42,43)25-13-5-19(6-14-25)26(17-39)36-27(40)20-3-9-23(10-4-20)38-24(18-44-28(31)32)15-16-37(29(38)41)22-11-7-21(8-12-22)30(33,34)35/h3-14,24,26,28,39H,2,15-18H2,1H3,(H,36,40)/t24-,26-/m0/s1. The number of carbonyl (C=O) groups is 2. The molecule has 2 atom stereocenters. The largest absolute Gasteiger partial charge is 0.416 e. The number of carbonyl (C=O) groups excluding carboxylic acids is 2. The lowest BCUT2D eigenvalue weighted by atomic mass is 10.1. The summed E-state index contributed by atoms with van der Waals surface area (Å²) < 4.78 is 93.4. The quantitative estimate of drug-likeness (QED) is 0.267. The normalized spacial score (nSPS) is 16.6. The molecule has 0 unspecified atom stereocenters. The second-order valence-corrected chi connectivity index (χ2v) is 12.4. The van der Waals surface area contributed by atoms with E-state index in [0.717, 1.165) is 24.3 Å². The Labute approximate surface area is 256 Å². The number of aliphatic hydroxyl groups is 1. The van der Waals surface area contributed by atoms with E-state index in [1.165, 1.54) is 65.3 Å². The first kappa shape index (κ1) is 33.8. The SMILES string of the molecule is CCS(=O)(=O)c1ccc([C@H](CO)NC(=O)c2ccc(N3C(=O)N(c4ccc(C(F)(F)F)cc4)CC[C@H]3COC(F)F)cc2)cc1. The number of ether oxygens (including phenoxy) is 1. The summed E-state index contributed by atoms with van der Waals surface area (Å²) in [6.45, 7) is -2.54. The third kappa shape index (κ3) is 7.96. The van der Waals surface area contributed by atoms with Gasteiger partial charge < -0.3 is 15.2 Å². The monoisotopic (exact) mass is 655 g/mol. The fourth-order valence-electron chi connectivity index (χ4n) is 4.85. The number of hydrogen-bond donors (Lipinski definition) is 2. The van der Waals surface area contributed by atoms with Crippen molar-refractivity contribution >= 4 is 33.2 Å². The van der Waals surface area contributed by atoms with E-state index < -0.39 is 65.4 Å². The van der Waals surface area contributed by atoms with Gasteiger partial charge in [0.15, 0.2) is 9.84 Å². The molecule has 0 aromatic heterocycles.